The molecule has 10 fully saturated rings. The summed E-state index contributed by atoms with van der Waals surface area (Å²) < 4.78 is 5.38. The van der Waals surface area contributed by atoms with Crippen LogP contribution < -0.4 is 0 Å². The van der Waals surface area contributed by atoms with Crippen LogP contribution in [0, 0.1) is 129 Å². The number of hydrogen-bond acceptors (Lipinski definition) is 3. The first-order chi connectivity index (χ1) is 26.2. The van der Waals surface area contributed by atoms with E-state index < -0.39 is 0 Å². The second-order valence-corrected chi connectivity index (χ2v) is 23.6. The smallest absolute Gasteiger partial charge is 0.305 e. The highest BCUT2D eigenvalue weighted by Gasteiger charge is 3.02. The summed E-state index contributed by atoms with van der Waals surface area (Å²) in [5, 5.41) is 2.46. The minimum absolute atomic E-state index is 0.0165. The lowest BCUT2D eigenvalue weighted by Crippen LogP contribution is -2.56. The second kappa shape index (κ2) is 7.76. The van der Waals surface area contributed by atoms with Crippen molar-refractivity contribution in [2.75, 3.05) is 7.11 Å². The lowest BCUT2D eigenvalue weighted by atomic mass is 9.44. The zero-order valence-corrected chi connectivity index (χ0v) is 31.8. The van der Waals surface area contributed by atoms with Gasteiger partial charge < -0.3 is 4.74 Å². The highest BCUT2D eigenvalue weighted by Crippen LogP contribution is 3.05. The summed E-state index contributed by atoms with van der Waals surface area (Å²) in [6.45, 7) is 0. The zero-order chi connectivity index (χ0) is 33.5. The molecular weight excluding hydrogens is 665 g/mol. The summed E-state index contributed by atoms with van der Waals surface area (Å²) in [7, 11) is 1.62. The van der Waals surface area contributed by atoms with E-state index in [0.29, 0.717) is 17.3 Å². The maximum absolute atomic E-state index is 13.0. The molecule has 17 aliphatic carbocycles. The number of esters is 1. The summed E-state index contributed by atoms with van der Waals surface area (Å²) in [6.07, 6.45) is 20.3. The number of fused-ring (bicyclic) bond motifs is 5. The number of ether oxygens (including phenoxy) is 1. The topological polar surface area (TPSA) is 26.3 Å². The molecule has 0 amide bonds. The van der Waals surface area contributed by atoms with Gasteiger partial charge in [-0.05, 0) is 210 Å². The summed E-state index contributed by atoms with van der Waals surface area (Å²) in [4.78, 5) is 14.7. The van der Waals surface area contributed by atoms with Gasteiger partial charge in [0.1, 0.15) is 0 Å². The summed E-state index contributed by atoms with van der Waals surface area (Å²) in [5.41, 5.74) is 17.6. The average Bonchev–Trinajstić information content (AvgIpc) is 3.96. The Balaban J connectivity index is 1.01. The number of allylic oxidation sites excluding steroid dienone is 10. The van der Waals surface area contributed by atoms with Gasteiger partial charge in [-0.3, -0.25) is 4.79 Å². The molecule has 10 saturated carbocycles. The SMILES string of the molecule is COC(=O)CCCC1(c2cccs2)C23C4CCC5C6=C7C8=C(CC6)C6CCC9C%10C=CC%11C%12=C%13C(=C4CC%12)C2C2C4C%13C%11C%10C%10C9C6C8C(C4%10)C2C7C513. The molecule has 23 atom stereocenters. The van der Waals surface area contributed by atoms with Gasteiger partial charge in [0.25, 0.3) is 0 Å². The third kappa shape index (κ3) is 2.09. The monoisotopic (exact) mass is 714 g/mol. The molecule has 18 rings (SSSR count). The first kappa shape index (κ1) is 27.5. The summed E-state index contributed by atoms with van der Waals surface area (Å²) >= 11 is 2.15. The van der Waals surface area contributed by atoms with Crippen molar-refractivity contribution in [2.45, 2.75) is 76.0 Å². The molecule has 0 radical (unpaired) electrons. The molecule has 0 aliphatic heterocycles. The zero-order valence-electron chi connectivity index (χ0n) is 30.9. The van der Waals surface area contributed by atoms with Gasteiger partial charge >= 0.3 is 5.97 Å². The Bertz CT molecular complexity index is 2320. The predicted molar refractivity (Wildman–Crippen MR) is 201 cm³/mol. The van der Waals surface area contributed by atoms with Gasteiger partial charge in [-0.15, -0.1) is 11.3 Å². The van der Waals surface area contributed by atoms with Crippen LogP contribution in [0.3, 0.4) is 0 Å². The number of carbonyl (C=O) groups is 1. The van der Waals surface area contributed by atoms with Gasteiger partial charge in [-0.1, -0.05) is 40.5 Å². The number of carbonyl (C=O) groups excluding carboxylic acids is 1. The molecule has 1 heterocycles. The number of thiophene rings is 1. The second-order valence-electron chi connectivity index (χ2n) is 22.6. The maximum atomic E-state index is 13.0. The average molecular weight is 715 g/mol. The third-order valence-corrected chi connectivity index (χ3v) is 24.8. The van der Waals surface area contributed by atoms with Crippen LogP contribution in [-0.2, 0) is 14.9 Å². The van der Waals surface area contributed by atoms with Crippen molar-refractivity contribution >= 4 is 17.3 Å². The Kier molecular flexibility index (Phi) is 4.02. The fraction of sp³-hybridized carbons (Fsp3) is 0.700. The van der Waals surface area contributed by atoms with Gasteiger partial charge in [0.15, 0.2) is 0 Å². The van der Waals surface area contributed by atoms with E-state index in [4.69, 9.17) is 4.74 Å². The van der Waals surface area contributed by atoms with Crippen molar-refractivity contribution in [2.24, 2.45) is 129 Å². The van der Waals surface area contributed by atoms with Crippen molar-refractivity contribution in [3.05, 3.63) is 79.1 Å². The number of methoxy groups -OCH3 is 1. The molecule has 0 N–H and O–H groups in total. The molecule has 17 aliphatic rings. The van der Waals surface area contributed by atoms with E-state index in [1.165, 1.54) is 51.4 Å². The van der Waals surface area contributed by atoms with Gasteiger partial charge in [0.2, 0.25) is 0 Å². The highest BCUT2D eigenvalue weighted by atomic mass is 32.1. The number of rotatable bonds is 5. The van der Waals surface area contributed by atoms with E-state index in [0.717, 1.165) is 125 Å². The Hall–Kier alpha value is -2.13. The van der Waals surface area contributed by atoms with Crippen molar-refractivity contribution in [3.8, 4) is 0 Å². The van der Waals surface area contributed by atoms with E-state index >= 15 is 0 Å². The Morgan fingerprint density at radius 3 is 2.15 bits per heavy atom. The molecule has 0 aromatic carbocycles. The molecule has 53 heavy (non-hydrogen) atoms. The lowest BCUT2D eigenvalue weighted by Gasteiger charge is -2.60. The largest absolute Gasteiger partial charge is 0.469 e. The molecular formula is C50H50O2S. The number of hydrogen-bond donors (Lipinski definition) is 0. The van der Waals surface area contributed by atoms with Crippen molar-refractivity contribution in [3.63, 3.8) is 0 Å². The van der Waals surface area contributed by atoms with Gasteiger partial charge in [0, 0.05) is 33.5 Å². The lowest BCUT2D eigenvalue weighted by molar-refractivity contribution is -0.140. The van der Waals surface area contributed by atoms with E-state index in [-0.39, 0.29) is 11.4 Å². The molecule has 3 heteroatoms. The van der Waals surface area contributed by atoms with Gasteiger partial charge in [-0.25, -0.2) is 0 Å². The summed E-state index contributed by atoms with van der Waals surface area (Å²) in [6, 6.07) is 5.08. The normalized spacial score (nSPS) is 63.5. The predicted octanol–water partition coefficient (Wildman–Crippen LogP) is 9.72. The van der Waals surface area contributed by atoms with Gasteiger partial charge in [0.05, 0.1) is 7.11 Å². The highest BCUT2D eigenvalue weighted by molar-refractivity contribution is 7.10. The van der Waals surface area contributed by atoms with E-state index in [1.807, 2.05) is 5.57 Å². The fourth-order valence-electron chi connectivity index (χ4n) is 25.0. The summed E-state index contributed by atoms with van der Waals surface area (Å²) in [5.74, 6) is 18.6. The van der Waals surface area contributed by atoms with Gasteiger partial charge in [-0.2, -0.15) is 0 Å². The molecule has 23 unspecified atom stereocenters. The standard InChI is InChI=1S/C50H50O2S/c1-52-29(51)5-2-16-48(28-4-3-17-53-28)49-26-14-15-27-25-13-11-23-21-9-7-19-18-6-8-20-22-10-12-24(26)36-34(22)39-32(20)30(18)38-31(19)33(21)40-35(23)37(25)47(50(27,48)49)45-43(40)41(38)42(39)44(45)46(36)49/h3-4,6,8,17-21,26-27,30-33,38-47H,2,5,7,9-16H2,1H3. The van der Waals surface area contributed by atoms with Crippen LogP contribution in [0.4, 0.5) is 0 Å². The van der Waals surface area contributed by atoms with Crippen molar-refractivity contribution in [1.82, 2.24) is 0 Å². The van der Waals surface area contributed by atoms with Crippen molar-refractivity contribution in [1.29, 1.82) is 0 Å². The van der Waals surface area contributed by atoms with E-state index in [1.54, 1.807) is 18.4 Å². The van der Waals surface area contributed by atoms with E-state index in [9.17, 15) is 4.79 Å². The van der Waals surface area contributed by atoms with Crippen LogP contribution in [0.15, 0.2) is 74.2 Å². The molecule has 2 spiro atoms. The minimum Gasteiger partial charge on any atom is -0.469 e. The van der Waals surface area contributed by atoms with Crippen molar-refractivity contribution < 1.29 is 9.53 Å². The molecule has 2 nitrogen and oxygen atoms in total. The molecule has 0 saturated heterocycles. The molecule has 0 bridgehead atoms. The Labute approximate surface area is 317 Å². The minimum atomic E-state index is 0.0165. The molecule has 1 aromatic heterocycles. The molecule has 268 valence electrons. The first-order valence-electron chi connectivity index (χ1n) is 22.9. The fourth-order valence-corrected chi connectivity index (χ4v) is 26.1. The first-order valence-corrected chi connectivity index (χ1v) is 23.8. The van der Waals surface area contributed by atoms with E-state index in [2.05, 4.69) is 80.0 Å². The Morgan fingerprint density at radius 2 is 1.42 bits per heavy atom. The van der Waals surface area contributed by atoms with Crippen LogP contribution in [0.25, 0.3) is 0 Å². The van der Waals surface area contributed by atoms with Crippen LogP contribution in [0.1, 0.15) is 75.5 Å². The van der Waals surface area contributed by atoms with Crippen LogP contribution >= 0.6 is 11.3 Å². The van der Waals surface area contributed by atoms with Crippen LogP contribution in [-0.4, -0.2) is 13.1 Å². The third-order valence-electron chi connectivity index (χ3n) is 23.8. The van der Waals surface area contributed by atoms with Crippen LogP contribution in [0.5, 0.6) is 0 Å². The molecule has 1 aromatic rings. The Morgan fingerprint density at radius 1 is 0.717 bits per heavy atom. The quantitative estimate of drug-likeness (QED) is 0.224. The maximum Gasteiger partial charge on any atom is 0.305 e. The van der Waals surface area contributed by atoms with Crippen LogP contribution in [0.2, 0.25) is 0 Å².